The van der Waals surface area contributed by atoms with Crippen molar-refractivity contribution in [2.45, 2.75) is 13.3 Å². The van der Waals surface area contributed by atoms with Gasteiger partial charge < -0.3 is 4.89 Å². The highest BCUT2D eigenvalue weighted by Gasteiger charge is 1.97. The number of hydrogen-bond donors (Lipinski definition) is 2. The Morgan fingerprint density at radius 2 is 2.44 bits per heavy atom. The fourth-order valence-corrected chi connectivity index (χ4v) is 1.69. The Morgan fingerprint density at radius 3 is 3.06 bits per heavy atom. The van der Waals surface area contributed by atoms with E-state index in [4.69, 9.17) is 4.89 Å². The predicted molar refractivity (Wildman–Crippen MR) is 66.4 cm³/mol. The molecule has 7 heteroatoms. The third-order valence-electron chi connectivity index (χ3n) is 1.72. The summed E-state index contributed by atoms with van der Waals surface area (Å²) in [7, 11) is -2.98. The zero-order valence-electron chi connectivity index (χ0n) is 8.61. The summed E-state index contributed by atoms with van der Waals surface area (Å²) in [4.78, 5) is 8.38. The molecular formula is C9H12BrN2O3P. The fraction of sp³-hybridized carbons (Fsp3) is 0.222. The number of rotatable bonds is 5. The molecule has 0 heterocycles. The number of hydrogen-bond acceptors (Lipinski definition) is 4. The van der Waals surface area contributed by atoms with Crippen LogP contribution in [-0.2, 0) is 15.6 Å². The van der Waals surface area contributed by atoms with Crippen molar-refractivity contribution in [3.8, 4) is 0 Å². The van der Waals surface area contributed by atoms with Crippen molar-refractivity contribution in [3.05, 3.63) is 34.3 Å². The van der Waals surface area contributed by atoms with Crippen molar-refractivity contribution in [2.24, 2.45) is 5.10 Å². The van der Waals surface area contributed by atoms with Gasteiger partial charge in [-0.15, -0.1) is 0 Å². The molecule has 0 spiro atoms. The normalized spacial score (nSPS) is 13.6. The molecule has 0 saturated carbocycles. The molecule has 1 atom stereocenters. The van der Waals surface area contributed by atoms with Crippen LogP contribution in [0.1, 0.15) is 12.5 Å². The summed E-state index contributed by atoms with van der Waals surface area (Å²) in [6.07, 6.45) is 0.641. The molecule has 2 N–H and O–H groups in total. The van der Waals surface area contributed by atoms with E-state index in [0.717, 1.165) is 15.7 Å². The smallest absolute Gasteiger partial charge is 0.325 e. The van der Waals surface area contributed by atoms with Crippen LogP contribution in [0.5, 0.6) is 0 Å². The molecule has 0 aromatic heterocycles. The van der Waals surface area contributed by atoms with E-state index >= 15 is 0 Å². The van der Waals surface area contributed by atoms with Crippen LogP contribution in [0.4, 0.5) is 0 Å². The zero-order valence-corrected chi connectivity index (χ0v) is 11.2. The summed E-state index contributed by atoms with van der Waals surface area (Å²) in [6.45, 7) is 1.80. The number of hydrazone groups is 1. The standard InChI is InChI=1S/C9H12BrN2O3P/c1-7(11-12-15-16(13)14)5-8-3-2-4-9(10)6-8/h2-4,6,12,16H,5H2,1H3,(H,13,14)/b11-7-. The maximum absolute atomic E-state index is 10.2. The molecule has 16 heavy (non-hydrogen) atoms. The average Bonchev–Trinajstić information content (AvgIpc) is 2.16. The van der Waals surface area contributed by atoms with E-state index in [1.54, 1.807) is 6.92 Å². The highest BCUT2D eigenvalue weighted by Crippen LogP contribution is 2.13. The van der Waals surface area contributed by atoms with E-state index in [1.165, 1.54) is 0 Å². The van der Waals surface area contributed by atoms with Gasteiger partial charge in [-0.2, -0.15) is 15.3 Å². The van der Waals surface area contributed by atoms with Gasteiger partial charge in [0.25, 0.3) is 0 Å². The van der Waals surface area contributed by atoms with Gasteiger partial charge >= 0.3 is 8.25 Å². The molecule has 5 nitrogen and oxygen atoms in total. The second-order valence-corrected chi connectivity index (χ2v) is 4.76. The van der Waals surface area contributed by atoms with Gasteiger partial charge in [0, 0.05) is 16.6 Å². The Morgan fingerprint density at radius 1 is 1.69 bits per heavy atom. The zero-order chi connectivity index (χ0) is 12.0. The molecule has 0 aliphatic carbocycles. The van der Waals surface area contributed by atoms with E-state index in [2.05, 4.69) is 31.2 Å². The molecule has 0 fully saturated rings. The first-order valence-corrected chi connectivity index (χ1v) is 6.56. The van der Waals surface area contributed by atoms with Crippen LogP contribution in [0.25, 0.3) is 0 Å². The van der Waals surface area contributed by atoms with E-state index in [-0.39, 0.29) is 0 Å². The first-order valence-electron chi connectivity index (χ1n) is 4.50. The summed E-state index contributed by atoms with van der Waals surface area (Å²) in [5, 5.41) is 3.78. The van der Waals surface area contributed by atoms with Crippen molar-refractivity contribution >= 4 is 29.9 Å². The monoisotopic (exact) mass is 306 g/mol. The lowest BCUT2D eigenvalue weighted by atomic mass is 10.1. The number of nitrogens with zero attached hydrogens (tertiary/aromatic N) is 1. The molecule has 1 aromatic carbocycles. The quantitative estimate of drug-likeness (QED) is 0.497. The minimum atomic E-state index is -2.98. The molecule has 1 aromatic rings. The van der Waals surface area contributed by atoms with Gasteiger partial charge in [-0.1, -0.05) is 28.1 Å². The summed E-state index contributed by atoms with van der Waals surface area (Å²) in [5.74, 6) is 0. The minimum absolute atomic E-state index is 0.641. The van der Waals surface area contributed by atoms with Crippen molar-refractivity contribution < 1.29 is 14.1 Å². The van der Waals surface area contributed by atoms with Crippen LogP contribution in [0.3, 0.4) is 0 Å². The third-order valence-corrected chi connectivity index (χ3v) is 2.48. The van der Waals surface area contributed by atoms with Gasteiger partial charge in [-0.3, -0.25) is 4.57 Å². The maximum Gasteiger partial charge on any atom is 0.339 e. The topological polar surface area (TPSA) is 70.9 Å². The highest BCUT2D eigenvalue weighted by atomic mass is 79.9. The van der Waals surface area contributed by atoms with Gasteiger partial charge in [0.1, 0.15) is 0 Å². The van der Waals surface area contributed by atoms with Crippen molar-refractivity contribution in [3.63, 3.8) is 0 Å². The van der Waals surface area contributed by atoms with Crippen molar-refractivity contribution in [1.82, 2.24) is 5.59 Å². The molecule has 0 aliphatic heterocycles. The van der Waals surface area contributed by atoms with Crippen LogP contribution in [-0.4, -0.2) is 10.6 Å². The SMILES string of the molecule is C/C(Cc1cccc(Br)c1)=N/NO[PH](=O)O. The van der Waals surface area contributed by atoms with Crippen LogP contribution in [0, 0.1) is 0 Å². The van der Waals surface area contributed by atoms with Gasteiger partial charge in [0.15, 0.2) is 0 Å². The van der Waals surface area contributed by atoms with Crippen LogP contribution in [0.15, 0.2) is 33.8 Å². The maximum atomic E-state index is 10.2. The van der Waals surface area contributed by atoms with Gasteiger partial charge in [0.2, 0.25) is 0 Å². The summed E-state index contributed by atoms with van der Waals surface area (Å²) < 4.78 is 15.4. The summed E-state index contributed by atoms with van der Waals surface area (Å²) in [6, 6.07) is 7.83. The molecule has 88 valence electrons. The van der Waals surface area contributed by atoms with Crippen LogP contribution < -0.4 is 5.59 Å². The Kier molecular flexibility index (Phi) is 5.69. The van der Waals surface area contributed by atoms with Crippen LogP contribution in [0.2, 0.25) is 0 Å². The van der Waals surface area contributed by atoms with Gasteiger partial charge in [-0.05, 0) is 24.6 Å². The second kappa shape index (κ2) is 6.81. The number of benzene rings is 1. The highest BCUT2D eigenvalue weighted by molar-refractivity contribution is 9.10. The minimum Gasteiger partial charge on any atom is -0.325 e. The number of nitrogens with one attached hydrogen (secondary N) is 1. The average molecular weight is 307 g/mol. The molecule has 1 rings (SSSR count). The lowest BCUT2D eigenvalue weighted by molar-refractivity contribution is 0.186. The van der Waals surface area contributed by atoms with Crippen molar-refractivity contribution in [2.75, 3.05) is 0 Å². The molecule has 0 radical (unpaired) electrons. The lowest BCUT2D eigenvalue weighted by Crippen LogP contribution is -2.07. The van der Waals surface area contributed by atoms with E-state index in [9.17, 15) is 4.57 Å². The first-order chi connectivity index (χ1) is 7.58. The summed E-state index contributed by atoms with van der Waals surface area (Å²) >= 11 is 3.37. The van der Waals surface area contributed by atoms with Gasteiger partial charge in [0.05, 0.1) is 0 Å². The Labute approximate surface area is 103 Å². The van der Waals surface area contributed by atoms with E-state index in [0.29, 0.717) is 6.42 Å². The Balaban J connectivity index is 2.50. The lowest BCUT2D eigenvalue weighted by Gasteiger charge is -2.02. The van der Waals surface area contributed by atoms with Gasteiger partial charge in [-0.25, -0.2) is 0 Å². The molecule has 1 unspecified atom stereocenters. The first kappa shape index (κ1) is 13.4. The van der Waals surface area contributed by atoms with Crippen LogP contribution >= 0.6 is 24.2 Å². The summed E-state index contributed by atoms with van der Waals surface area (Å²) in [5.41, 5.74) is 3.92. The van der Waals surface area contributed by atoms with E-state index < -0.39 is 8.25 Å². The predicted octanol–water partition coefficient (Wildman–Crippen LogP) is 2.27. The van der Waals surface area contributed by atoms with Crippen molar-refractivity contribution in [1.29, 1.82) is 0 Å². The molecular weight excluding hydrogens is 295 g/mol. The second-order valence-electron chi connectivity index (χ2n) is 3.11. The third kappa shape index (κ3) is 5.42. The Hall–Kier alpha value is -0.680. The Bertz CT molecular complexity index is 411. The largest absolute Gasteiger partial charge is 0.339 e. The number of halogens is 1. The fourth-order valence-electron chi connectivity index (χ4n) is 1.12. The van der Waals surface area contributed by atoms with E-state index in [1.807, 2.05) is 24.3 Å². The molecule has 0 amide bonds. The molecule has 0 aliphatic rings. The molecule has 0 saturated heterocycles. The molecule has 0 bridgehead atoms.